The Labute approximate surface area is 151 Å². The molecule has 1 aliphatic rings. The van der Waals surface area contributed by atoms with Gasteiger partial charge in [0.15, 0.2) is 0 Å². The molecule has 1 saturated heterocycles. The first-order valence-corrected chi connectivity index (χ1v) is 8.51. The molecule has 6 nitrogen and oxygen atoms in total. The maximum absolute atomic E-state index is 12.1. The minimum Gasteiger partial charge on any atom is -0.460 e. The van der Waals surface area contributed by atoms with E-state index in [1.165, 1.54) is 0 Å². The van der Waals surface area contributed by atoms with E-state index in [-0.39, 0.29) is 18.2 Å². The zero-order valence-electron chi connectivity index (χ0n) is 13.9. The van der Waals surface area contributed by atoms with Crippen molar-refractivity contribution < 1.29 is 14.0 Å². The number of benzene rings is 1. The summed E-state index contributed by atoms with van der Waals surface area (Å²) in [5.41, 5.74) is 0.939. The van der Waals surface area contributed by atoms with Crippen molar-refractivity contribution in [3.8, 4) is 11.3 Å². The number of halogens is 1. The summed E-state index contributed by atoms with van der Waals surface area (Å²) < 4.78 is 5.91. The largest absolute Gasteiger partial charge is 0.460 e. The Balaban J connectivity index is 1.73. The highest BCUT2D eigenvalue weighted by molar-refractivity contribution is 6.30. The summed E-state index contributed by atoms with van der Waals surface area (Å²) in [6.07, 6.45) is 0.132. The number of carbonyl (C=O) groups excluding carboxylic acids is 2. The normalized spacial score (nSPS) is 18.0. The number of hydrogen-bond acceptors (Lipinski definition) is 4. The summed E-state index contributed by atoms with van der Waals surface area (Å²) in [6, 6.07) is 10.7. The van der Waals surface area contributed by atoms with Gasteiger partial charge in [-0.15, -0.1) is 0 Å². The lowest BCUT2D eigenvalue weighted by molar-refractivity contribution is -0.134. The van der Waals surface area contributed by atoms with Crippen LogP contribution >= 0.6 is 11.6 Å². The van der Waals surface area contributed by atoms with Crippen LogP contribution in [0.4, 0.5) is 0 Å². The molecule has 2 N–H and O–H groups in total. The SMILES string of the molecule is CNC(=O)C[C@H]1C(=O)NCCN1Cc1ccc(-c2ccc(Cl)cc2)o1. The summed E-state index contributed by atoms with van der Waals surface area (Å²) in [5, 5.41) is 6.05. The van der Waals surface area contributed by atoms with E-state index in [0.717, 1.165) is 17.1 Å². The van der Waals surface area contributed by atoms with Crippen molar-refractivity contribution in [2.75, 3.05) is 20.1 Å². The van der Waals surface area contributed by atoms with Crippen molar-refractivity contribution in [3.05, 3.63) is 47.2 Å². The molecule has 1 aromatic heterocycles. The average Bonchev–Trinajstić information content (AvgIpc) is 3.07. The first-order chi connectivity index (χ1) is 12.1. The quantitative estimate of drug-likeness (QED) is 0.854. The number of nitrogens with one attached hydrogen (secondary N) is 2. The Hall–Kier alpha value is -2.31. The summed E-state index contributed by atoms with van der Waals surface area (Å²) in [4.78, 5) is 25.8. The first kappa shape index (κ1) is 17.5. The van der Waals surface area contributed by atoms with E-state index in [4.69, 9.17) is 16.0 Å². The number of carbonyl (C=O) groups is 2. The molecule has 1 aliphatic heterocycles. The Morgan fingerprint density at radius 2 is 2.08 bits per heavy atom. The Bertz CT molecular complexity index is 757. The lowest BCUT2D eigenvalue weighted by Crippen LogP contribution is -2.55. The number of hydrogen-bond donors (Lipinski definition) is 2. The molecule has 1 atom stereocenters. The fourth-order valence-corrected chi connectivity index (χ4v) is 3.01. The van der Waals surface area contributed by atoms with Gasteiger partial charge in [-0.2, -0.15) is 0 Å². The molecule has 7 heteroatoms. The number of nitrogens with zero attached hydrogens (tertiary/aromatic N) is 1. The minimum absolute atomic E-state index is 0.126. The number of furan rings is 1. The van der Waals surface area contributed by atoms with Gasteiger partial charge in [0.25, 0.3) is 0 Å². The fraction of sp³-hybridized carbons (Fsp3) is 0.333. The van der Waals surface area contributed by atoms with Crippen LogP contribution in [0.25, 0.3) is 11.3 Å². The van der Waals surface area contributed by atoms with E-state index in [2.05, 4.69) is 10.6 Å². The second kappa shape index (κ2) is 7.72. The van der Waals surface area contributed by atoms with Gasteiger partial charge in [-0.3, -0.25) is 14.5 Å². The third-order valence-corrected chi connectivity index (χ3v) is 4.50. The Morgan fingerprint density at radius 1 is 1.32 bits per heavy atom. The molecule has 2 amide bonds. The van der Waals surface area contributed by atoms with Crippen molar-refractivity contribution in [1.82, 2.24) is 15.5 Å². The molecule has 0 spiro atoms. The molecular formula is C18H20ClN3O3. The van der Waals surface area contributed by atoms with Gasteiger partial charge >= 0.3 is 0 Å². The molecule has 0 aliphatic carbocycles. The molecule has 1 aromatic carbocycles. The standard InChI is InChI=1S/C18H20ClN3O3/c1-20-17(23)10-15-18(24)21-8-9-22(15)11-14-6-7-16(25-14)12-2-4-13(19)5-3-12/h2-7,15H,8-11H2,1H3,(H,20,23)(H,21,24)/t15-/m0/s1. The zero-order valence-corrected chi connectivity index (χ0v) is 14.7. The van der Waals surface area contributed by atoms with Crippen molar-refractivity contribution in [2.24, 2.45) is 0 Å². The second-order valence-electron chi connectivity index (χ2n) is 5.93. The van der Waals surface area contributed by atoms with Crippen LogP contribution < -0.4 is 10.6 Å². The predicted octanol–water partition coefficient (Wildman–Crippen LogP) is 2.04. The van der Waals surface area contributed by atoms with Crippen LogP contribution in [0.5, 0.6) is 0 Å². The van der Waals surface area contributed by atoms with Gasteiger partial charge in [-0.25, -0.2) is 0 Å². The second-order valence-corrected chi connectivity index (χ2v) is 6.36. The summed E-state index contributed by atoms with van der Waals surface area (Å²) in [7, 11) is 1.57. The molecule has 2 aromatic rings. The van der Waals surface area contributed by atoms with E-state index in [0.29, 0.717) is 24.7 Å². The van der Waals surface area contributed by atoms with E-state index in [1.54, 1.807) is 7.05 Å². The van der Waals surface area contributed by atoms with Gasteiger partial charge < -0.3 is 15.1 Å². The van der Waals surface area contributed by atoms with Crippen LogP contribution in [0.2, 0.25) is 5.02 Å². The molecule has 0 radical (unpaired) electrons. The molecule has 0 bridgehead atoms. The van der Waals surface area contributed by atoms with Gasteiger partial charge in [0, 0.05) is 30.7 Å². The lowest BCUT2D eigenvalue weighted by atomic mass is 10.1. The first-order valence-electron chi connectivity index (χ1n) is 8.14. The number of amides is 2. The van der Waals surface area contributed by atoms with E-state index in [1.807, 2.05) is 41.3 Å². The molecular weight excluding hydrogens is 342 g/mol. The van der Waals surface area contributed by atoms with Gasteiger partial charge in [0.1, 0.15) is 11.5 Å². The van der Waals surface area contributed by atoms with Gasteiger partial charge in [-0.1, -0.05) is 11.6 Å². The third kappa shape index (κ3) is 4.21. The maximum atomic E-state index is 12.1. The zero-order chi connectivity index (χ0) is 17.8. The molecule has 0 unspecified atom stereocenters. The van der Waals surface area contributed by atoms with Gasteiger partial charge in [-0.05, 0) is 36.4 Å². The predicted molar refractivity (Wildman–Crippen MR) is 95.0 cm³/mol. The summed E-state index contributed by atoms with van der Waals surface area (Å²) in [5.74, 6) is 1.21. The molecule has 3 rings (SSSR count). The summed E-state index contributed by atoms with van der Waals surface area (Å²) in [6.45, 7) is 1.71. The highest BCUT2D eigenvalue weighted by atomic mass is 35.5. The molecule has 25 heavy (non-hydrogen) atoms. The van der Waals surface area contributed by atoms with Crippen LogP contribution in [0.1, 0.15) is 12.2 Å². The van der Waals surface area contributed by atoms with E-state index in [9.17, 15) is 9.59 Å². The highest BCUT2D eigenvalue weighted by Crippen LogP contribution is 2.25. The third-order valence-electron chi connectivity index (χ3n) is 4.25. The lowest BCUT2D eigenvalue weighted by Gasteiger charge is -2.33. The molecule has 2 heterocycles. The van der Waals surface area contributed by atoms with Crippen molar-refractivity contribution >= 4 is 23.4 Å². The molecule has 1 fully saturated rings. The topological polar surface area (TPSA) is 74.6 Å². The number of piperazine rings is 1. The molecule has 132 valence electrons. The smallest absolute Gasteiger partial charge is 0.237 e. The van der Waals surface area contributed by atoms with Gasteiger partial charge in [0.2, 0.25) is 11.8 Å². The molecule has 0 saturated carbocycles. The van der Waals surface area contributed by atoms with Crippen LogP contribution in [0.3, 0.4) is 0 Å². The van der Waals surface area contributed by atoms with E-state index >= 15 is 0 Å². The van der Waals surface area contributed by atoms with Crippen LogP contribution in [-0.2, 0) is 16.1 Å². The van der Waals surface area contributed by atoms with Crippen LogP contribution in [-0.4, -0.2) is 42.9 Å². The van der Waals surface area contributed by atoms with Crippen LogP contribution in [0, 0.1) is 0 Å². The summed E-state index contributed by atoms with van der Waals surface area (Å²) >= 11 is 5.91. The Kier molecular flexibility index (Phi) is 5.40. The minimum atomic E-state index is -0.488. The average molecular weight is 362 g/mol. The number of rotatable bonds is 5. The monoisotopic (exact) mass is 361 g/mol. The Morgan fingerprint density at radius 3 is 2.80 bits per heavy atom. The fourth-order valence-electron chi connectivity index (χ4n) is 2.88. The van der Waals surface area contributed by atoms with E-state index < -0.39 is 6.04 Å². The van der Waals surface area contributed by atoms with Crippen molar-refractivity contribution in [3.63, 3.8) is 0 Å². The highest BCUT2D eigenvalue weighted by Gasteiger charge is 2.31. The van der Waals surface area contributed by atoms with Crippen LogP contribution in [0.15, 0.2) is 40.8 Å². The van der Waals surface area contributed by atoms with Crippen molar-refractivity contribution in [2.45, 2.75) is 19.0 Å². The van der Waals surface area contributed by atoms with Crippen molar-refractivity contribution in [1.29, 1.82) is 0 Å². The maximum Gasteiger partial charge on any atom is 0.237 e. The van der Waals surface area contributed by atoms with Gasteiger partial charge in [0.05, 0.1) is 19.0 Å².